The first-order valence-electron chi connectivity index (χ1n) is 7.72. The summed E-state index contributed by atoms with van der Waals surface area (Å²) in [7, 11) is 0. The normalized spacial score (nSPS) is 10.4. The van der Waals surface area contributed by atoms with Crippen molar-refractivity contribution in [2.45, 2.75) is 13.8 Å². The fourth-order valence-corrected chi connectivity index (χ4v) is 2.93. The van der Waals surface area contributed by atoms with Gasteiger partial charge in [0, 0.05) is 16.6 Å². The van der Waals surface area contributed by atoms with Crippen molar-refractivity contribution in [1.29, 1.82) is 0 Å². The van der Waals surface area contributed by atoms with Crippen molar-refractivity contribution in [3.05, 3.63) is 77.4 Å². The highest BCUT2D eigenvalue weighted by Crippen LogP contribution is 2.22. The molecule has 0 saturated carbocycles. The maximum Gasteiger partial charge on any atom is 0.257 e. The van der Waals surface area contributed by atoms with E-state index in [1.165, 1.54) is 0 Å². The number of hydrogen-bond donors (Lipinski definition) is 2. The summed E-state index contributed by atoms with van der Waals surface area (Å²) in [5, 5.41) is 8.33. The number of amides is 1. The van der Waals surface area contributed by atoms with Crippen LogP contribution in [0.4, 0.5) is 5.69 Å². The topological polar surface area (TPSA) is 41.1 Å². The van der Waals surface area contributed by atoms with Crippen LogP contribution in [-0.2, 0) is 0 Å². The summed E-state index contributed by atoms with van der Waals surface area (Å²) in [4.78, 5) is 12.4. The van der Waals surface area contributed by atoms with Gasteiger partial charge in [-0.2, -0.15) is 0 Å². The molecule has 2 N–H and O–H groups in total. The summed E-state index contributed by atoms with van der Waals surface area (Å²) in [5.41, 5.74) is 3.56. The smallest absolute Gasteiger partial charge is 0.257 e. The zero-order valence-electron chi connectivity index (χ0n) is 13.6. The lowest BCUT2D eigenvalue weighted by Gasteiger charge is -2.13. The minimum absolute atomic E-state index is 0.203. The Hall–Kier alpha value is -2.72. The number of rotatable bonds is 2. The Bertz CT molecular complexity index is 929. The second kappa shape index (κ2) is 6.81. The van der Waals surface area contributed by atoms with Gasteiger partial charge in [-0.25, -0.2) is 0 Å². The van der Waals surface area contributed by atoms with Crippen LogP contribution >= 0.6 is 12.2 Å². The number of fused-ring (bicyclic) bond motifs is 1. The molecule has 0 heterocycles. The Labute approximate surface area is 146 Å². The number of hydrogen-bond acceptors (Lipinski definition) is 2. The minimum Gasteiger partial charge on any atom is -0.332 e. The molecule has 3 rings (SSSR count). The molecule has 0 saturated heterocycles. The Morgan fingerprint density at radius 1 is 0.958 bits per heavy atom. The third-order valence-corrected chi connectivity index (χ3v) is 4.10. The standard InChI is InChI=1S/C20H18N2OS/c1-13-10-11-16(14(2)12-13)19(23)22-20(24)21-18-9-5-7-15-6-3-4-8-17(15)18/h3-12H,1-2H3,(H2,21,22,23,24). The van der Waals surface area contributed by atoms with Crippen molar-refractivity contribution in [3.8, 4) is 0 Å². The fourth-order valence-electron chi connectivity index (χ4n) is 2.73. The molecule has 3 aromatic rings. The largest absolute Gasteiger partial charge is 0.332 e. The molecule has 1 amide bonds. The lowest BCUT2D eigenvalue weighted by atomic mass is 10.1. The Morgan fingerprint density at radius 2 is 1.71 bits per heavy atom. The van der Waals surface area contributed by atoms with Crippen LogP contribution in [0.5, 0.6) is 0 Å². The zero-order chi connectivity index (χ0) is 17.1. The highest BCUT2D eigenvalue weighted by Gasteiger charge is 2.11. The van der Waals surface area contributed by atoms with E-state index >= 15 is 0 Å². The van der Waals surface area contributed by atoms with Gasteiger partial charge in [0.05, 0.1) is 0 Å². The number of thiocarbonyl (C=S) groups is 1. The highest BCUT2D eigenvalue weighted by atomic mass is 32.1. The average Bonchev–Trinajstić information content (AvgIpc) is 2.55. The lowest BCUT2D eigenvalue weighted by molar-refractivity contribution is 0.0977. The van der Waals surface area contributed by atoms with Crippen molar-refractivity contribution < 1.29 is 4.79 Å². The van der Waals surface area contributed by atoms with E-state index < -0.39 is 0 Å². The molecule has 0 bridgehead atoms. The molecule has 0 atom stereocenters. The van der Waals surface area contributed by atoms with Crippen molar-refractivity contribution in [2.75, 3.05) is 5.32 Å². The number of carbonyl (C=O) groups is 1. The van der Waals surface area contributed by atoms with Gasteiger partial charge in [0.1, 0.15) is 0 Å². The Morgan fingerprint density at radius 3 is 2.50 bits per heavy atom. The van der Waals surface area contributed by atoms with Gasteiger partial charge in [0.15, 0.2) is 5.11 Å². The summed E-state index contributed by atoms with van der Waals surface area (Å²) < 4.78 is 0. The van der Waals surface area contributed by atoms with Crippen molar-refractivity contribution in [2.24, 2.45) is 0 Å². The summed E-state index contributed by atoms with van der Waals surface area (Å²) in [6.45, 7) is 3.92. The number of benzene rings is 3. The van der Waals surface area contributed by atoms with Gasteiger partial charge in [-0.05, 0) is 49.1 Å². The molecular formula is C20H18N2OS. The van der Waals surface area contributed by atoms with Crippen LogP contribution in [0.3, 0.4) is 0 Å². The lowest BCUT2D eigenvalue weighted by Crippen LogP contribution is -2.34. The van der Waals surface area contributed by atoms with E-state index in [2.05, 4.69) is 10.6 Å². The van der Waals surface area contributed by atoms with Crippen LogP contribution in [0.1, 0.15) is 21.5 Å². The van der Waals surface area contributed by atoms with Gasteiger partial charge in [-0.1, -0.05) is 54.1 Å². The van der Waals surface area contributed by atoms with Gasteiger partial charge >= 0.3 is 0 Å². The van der Waals surface area contributed by atoms with Crippen LogP contribution in [0, 0.1) is 13.8 Å². The first-order chi connectivity index (χ1) is 11.5. The fraction of sp³-hybridized carbons (Fsp3) is 0.100. The van der Waals surface area contributed by atoms with Gasteiger partial charge in [-0.3, -0.25) is 10.1 Å². The molecule has 4 heteroatoms. The zero-order valence-corrected chi connectivity index (χ0v) is 14.4. The average molecular weight is 334 g/mol. The number of aryl methyl sites for hydroxylation is 2. The predicted molar refractivity (Wildman–Crippen MR) is 104 cm³/mol. The van der Waals surface area contributed by atoms with Crippen LogP contribution < -0.4 is 10.6 Å². The van der Waals surface area contributed by atoms with Gasteiger partial charge in [0.2, 0.25) is 0 Å². The van der Waals surface area contributed by atoms with Crippen molar-refractivity contribution >= 4 is 39.7 Å². The van der Waals surface area contributed by atoms with Gasteiger partial charge in [0.25, 0.3) is 5.91 Å². The molecule has 0 fully saturated rings. The summed E-state index contributed by atoms with van der Waals surface area (Å²) in [5.74, 6) is -0.203. The van der Waals surface area contributed by atoms with E-state index in [0.717, 1.165) is 27.6 Å². The molecule has 0 unspecified atom stereocenters. The van der Waals surface area contributed by atoms with E-state index in [0.29, 0.717) is 5.56 Å². The minimum atomic E-state index is -0.203. The van der Waals surface area contributed by atoms with Gasteiger partial charge < -0.3 is 5.32 Å². The van der Waals surface area contributed by atoms with E-state index in [4.69, 9.17) is 12.2 Å². The second-order valence-electron chi connectivity index (χ2n) is 5.75. The number of carbonyl (C=O) groups excluding carboxylic acids is 1. The molecule has 0 aromatic heterocycles. The molecule has 0 spiro atoms. The quantitative estimate of drug-likeness (QED) is 0.674. The molecule has 3 aromatic carbocycles. The van der Waals surface area contributed by atoms with Crippen LogP contribution in [0.2, 0.25) is 0 Å². The summed E-state index contributed by atoms with van der Waals surface area (Å²) >= 11 is 5.30. The molecule has 0 aliphatic rings. The summed E-state index contributed by atoms with van der Waals surface area (Å²) in [6, 6.07) is 19.7. The number of nitrogens with one attached hydrogen (secondary N) is 2. The van der Waals surface area contributed by atoms with E-state index in [1.54, 1.807) is 0 Å². The Kier molecular flexibility index (Phi) is 4.58. The molecular weight excluding hydrogens is 316 g/mol. The third kappa shape index (κ3) is 3.44. The van der Waals surface area contributed by atoms with Crippen LogP contribution in [-0.4, -0.2) is 11.0 Å². The highest BCUT2D eigenvalue weighted by molar-refractivity contribution is 7.80. The molecule has 0 radical (unpaired) electrons. The maximum absolute atomic E-state index is 12.4. The monoisotopic (exact) mass is 334 g/mol. The number of anilines is 1. The molecule has 24 heavy (non-hydrogen) atoms. The van der Waals surface area contributed by atoms with E-state index in [-0.39, 0.29) is 11.0 Å². The van der Waals surface area contributed by atoms with E-state index in [9.17, 15) is 4.79 Å². The first kappa shape index (κ1) is 16.1. The summed E-state index contributed by atoms with van der Waals surface area (Å²) in [6.07, 6.45) is 0. The third-order valence-electron chi connectivity index (χ3n) is 3.89. The Balaban J connectivity index is 1.76. The second-order valence-corrected chi connectivity index (χ2v) is 6.16. The van der Waals surface area contributed by atoms with Crippen molar-refractivity contribution in [1.82, 2.24) is 5.32 Å². The van der Waals surface area contributed by atoms with E-state index in [1.807, 2.05) is 74.5 Å². The first-order valence-corrected chi connectivity index (χ1v) is 8.13. The van der Waals surface area contributed by atoms with Crippen LogP contribution in [0.15, 0.2) is 60.7 Å². The van der Waals surface area contributed by atoms with Gasteiger partial charge in [-0.15, -0.1) is 0 Å². The molecule has 120 valence electrons. The SMILES string of the molecule is Cc1ccc(C(=O)NC(=S)Nc2cccc3ccccc23)c(C)c1. The molecule has 0 aliphatic carbocycles. The molecule has 0 aliphatic heterocycles. The molecule has 3 nitrogen and oxygen atoms in total. The van der Waals surface area contributed by atoms with Crippen molar-refractivity contribution in [3.63, 3.8) is 0 Å². The van der Waals surface area contributed by atoms with Crippen LogP contribution in [0.25, 0.3) is 10.8 Å². The predicted octanol–water partition coefficient (Wildman–Crippen LogP) is 4.58. The maximum atomic E-state index is 12.4.